The van der Waals surface area contributed by atoms with Crippen molar-refractivity contribution in [1.82, 2.24) is 19.8 Å². The smallest absolute Gasteiger partial charge is 0.264 e. The predicted octanol–water partition coefficient (Wildman–Crippen LogP) is 1.68. The van der Waals surface area contributed by atoms with Gasteiger partial charge < -0.3 is 14.8 Å². The van der Waals surface area contributed by atoms with E-state index in [0.717, 1.165) is 0 Å². The van der Waals surface area contributed by atoms with Crippen molar-refractivity contribution in [2.45, 2.75) is 40.2 Å². The van der Waals surface area contributed by atoms with E-state index in [9.17, 15) is 14.4 Å². The van der Waals surface area contributed by atoms with Gasteiger partial charge in [0.25, 0.3) is 11.5 Å². The number of aryl methyl sites for hydroxylation is 2. The Morgan fingerprint density at radius 2 is 2.00 bits per heavy atom. The van der Waals surface area contributed by atoms with E-state index in [1.54, 1.807) is 14.0 Å². The molecule has 0 saturated heterocycles. The van der Waals surface area contributed by atoms with Crippen molar-refractivity contribution >= 4 is 33.4 Å². The molecule has 0 aliphatic heterocycles. The summed E-state index contributed by atoms with van der Waals surface area (Å²) in [7, 11) is 1.63. The van der Waals surface area contributed by atoms with Gasteiger partial charge in [0, 0.05) is 19.1 Å². The lowest BCUT2D eigenvalue weighted by molar-refractivity contribution is -0.123. The summed E-state index contributed by atoms with van der Waals surface area (Å²) >= 11 is 1.19. The van der Waals surface area contributed by atoms with Crippen LogP contribution in [0.3, 0.4) is 0 Å². The zero-order valence-electron chi connectivity index (χ0n) is 15.5. The zero-order valence-corrected chi connectivity index (χ0v) is 16.3. The summed E-state index contributed by atoms with van der Waals surface area (Å²) in [4.78, 5) is 44.0. The van der Waals surface area contributed by atoms with Crippen LogP contribution >= 0.6 is 11.3 Å². The van der Waals surface area contributed by atoms with E-state index >= 15 is 0 Å². The van der Waals surface area contributed by atoms with Crippen LogP contribution in [0, 0.1) is 6.92 Å². The highest BCUT2D eigenvalue weighted by atomic mass is 32.1. The highest BCUT2D eigenvalue weighted by molar-refractivity contribution is 7.20. The lowest BCUT2D eigenvalue weighted by Crippen LogP contribution is -2.47. The maximum atomic E-state index is 12.9. The third kappa shape index (κ3) is 4.07. The Kier molecular flexibility index (Phi) is 5.31. The molecule has 0 aliphatic rings. The molecule has 0 aromatic carbocycles. The molecule has 1 N–H and O–H groups in total. The number of hydrogen-bond donors (Lipinski definition) is 1. The van der Waals surface area contributed by atoms with E-state index in [4.69, 9.17) is 0 Å². The van der Waals surface area contributed by atoms with E-state index in [1.165, 1.54) is 27.1 Å². The number of hydrogen-bond acceptors (Lipinski definition) is 5. The molecule has 7 nitrogen and oxygen atoms in total. The van der Waals surface area contributed by atoms with Crippen molar-refractivity contribution < 1.29 is 9.59 Å². The van der Waals surface area contributed by atoms with Crippen molar-refractivity contribution in [2.24, 2.45) is 7.05 Å². The van der Waals surface area contributed by atoms with Gasteiger partial charge in [-0.2, -0.15) is 0 Å². The average molecular weight is 364 g/mol. The Bertz CT molecular complexity index is 876. The molecule has 0 aliphatic carbocycles. The molecule has 136 valence electrons. The van der Waals surface area contributed by atoms with Gasteiger partial charge in [-0.15, -0.1) is 11.3 Å². The first-order valence-electron chi connectivity index (χ1n) is 8.10. The molecule has 25 heavy (non-hydrogen) atoms. The minimum Gasteiger partial charge on any atom is -0.350 e. The first-order chi connectivity index (χ1) is 11.5. The Morgan fingerprint density at radius 3 is 2.56 bits per heavy atom. The quantitative estimate of drug-likeness (QED) is 0.895. The summed E-state index contributed by atoms with van der Waals surface area (Å²) in [6, 6.07) is 0. The van der Waals surface area contributed by atoms with Gasteiger partial charge in [-0.25, -0.2) is 4.98 Å². The Morgan fingerprint density at radius 1 is 1.36 bits per heavy atom. The van der Waals surface area contributed by atoms with Gasteiger partial charge in [-0.1, -0.05) is 0 Å². The van der Waals surface area contributed by atoms with Crippen LogP contribution in [0.4, 0.5) is 0 Å². The SMILES string of the molecule is CCN(CC(=O)NC(C)(C)C)C(=O)c1sc2ncn(C)c(=O)c2c1C. The summed E-state index contributed by atoms with van der Waals surface area (Å²) in [5.74, 6) is -0.468. The second kappa shape index (κ2) is 6.95. The highest BCUT2D eigenvalue weighted by Gasteiger charge is 2.25. The van der Waals surface area contributed by atoms with Crippen molar-refractivity contribution in [1.29, 1.82) is 0 Å². The van der Waals surface area contributed by atoms with Crippen LogP contribution in [0.1, 0.15) is 42.9 Å². The molecule has 0 bridgehead atoms. The van der Waals surface area contributed by atoms with Crippen LogP contribution < -0.4 is 10.9 Å². The molecule has 0 fully saturated rings. The largest absolute Gasteiger partial charge is 0.350 e. The molecule has 2 amide bonds. The number of amides is 2. The summed E-state index contributed by atoms with van der Waals surface area (Å²) in [5.41, 5.74) is 0.0862. The maximum absolute atomic E-state index is 12.9. The molecule has 0 unspecified atom stereocenters. The number of thiophene rings is 1. The first kappa shape index (κ1) is 19.1. The van der Waals surface area contributed by atoms with Crippen LogP contribution in [0.2, 0.25) is 0 Å². The van der Waals surface area contributed by atoms with E-state index in [2.05, 4.69) is 10.3 Å². The molecular formula is C17H24N4O3S. The molecule has 0 atom stereocenters. The number of fused-ring (bicyclic) bond motifs is 1. The van der Waals surface area contributed by atoms with Crippen LogP contribution in [0.5, 0.6) is 0 Å². The predicted molar refractivity (Wildman–Crippen MR) is 99.1 cm³/mol. The Hall–Kier alpha value is -2.22. The summed E-state index contributed by atoms with van der Waals surface area (Å²) in [5, 5.41) is 3.32. The number of nitrogens with one attached hydrogen (secondary N) is 1. The topological polar surface area (TPSA) is 84.3 Å². The third-order valence-corrected chi connectivity index (χ3v) is 4.91. The van der Waals surface area contributed by atoms with Gasteiger partial charge in [0.05, 0.1) is 23.1 Å². The van der Waals surface area contributed by atoms with Crippen molar-refractivity contribution in [2.75, 3.05) is 13.1 Å². The highest BCUT2D eigenvalue weighted by Crippen LogP contribution is 2.27. The second-order valence-electron chi connectivity index (χ2n) is 7.01. The second-order valence-corrected chi connectivity index (χ2v) is 8.01. The van der Waals surface area contributed by atoms with Crippen LogP contribution in [-0.4, -0.2) is 44.9 Å². The summed E-state index contributed by atoms with van der Waals surface area (Å²) in [6.45, 7) is 9.61. The molecule has 2 heterocycles. The van der Waals surface area contributed by atoms with E-state index in [0.29, 0.717) is 27.2 Å². The number of aromatic nitrogens is 2. The van der Waals surface area contributed by atoms with Gasteiger partial charge in [0.1, 0.15) is 4.83 Å². The molecule has 0 saturated carbocycles. The van der Waals surface area contributed by atoms with E-state index < -0.39 is 0 Å². The van der Waals surface area contributed by atoms with E-state index in [1.807, 2.05) is 27.7 Å². The first-order valence-corrected chi connectivity index (χ1v) is 8.91. The van der Waals surface area contributed by atoms with Crippen molar-refractivity contribution in [3.63, 3.8) is 0 Å². The summed E-state index contributed by atoms with van der Waals surface area (Å²) < 4.78 is 1.39. The normalized spacial score (nSPS) is 11.6. The minimum atomic E-state index is -0.358. The standard InChI is InChI=1S/C17H24N4O3S/c1-7-21(8-11(22)19-17(3,4)5)16(24)13-10(2)12-14(25-13)18-9-20(6)15(12)23/h9H,7-8H2,1-6H3,(H,19,22). The fourth-order valence-electron chi connectivity index (χ4n) is 2.51. The van der Waals surface area contributed by atoms with Gasteiger partial charge in [-0.05, 0) is 40.2 Å². The van der Waals surface area contributed by atoms with Gasteiger partial charge in [0.2, 0.25) is 5.91 Å². The molecule has 0 spiro atoms. The fraction of sp³-hybridized carbons (Fsp3) is 0.529. The minimum absolute atomic E-state index is 0.0221. The van der Waals surface area contributed by atoms with Crippen molar-refractivity contribution in [3.8, 4) is 0 Å². The van der Waals surface area contributed by atoms with Crippen molar-refractivity contribution in [3.05, 3.63) is 27.1 Å². The molecule has 2 rings (SSSR count). The summed E-state index contributed by atoms with van der Waals surface area (Å²) in [6.07, 6.45) is 1.45. The van der Waals surface area contributed by atoms with Crippen LogP contribution in [0.15, 0.2) is 11.1 Å². The maximum Gasteiger partial charge on any atom is 0.264 e. The van der Waals surface area contributed by atoms with Gasteiger partial charge in [-0.3, -0.25) is 14.4 Å². The Labute approximate surface area is 150 Å². The molecule has 8 heteroatoms. The average Bonchev–Trinajstić information content (AvgIpc) is 2.83. The van der Waals surface area contributed by atoms with Crippen LogP contribution in [0.25, 0.3) is 10.2 Å². The molecule has 0 radical (unpaired) electrons. The monoisotopic (exact) mass is 364 g/mol. The number of carbonyl (C=O) groups is 2. The molecule has 2 aromatic heterocycles. The lowest BCUT2D eigenvalue weighted by Gasteiger charge is -2.25. The number of rotatable bonds is 4. The molecular weight excluding hydrogens is 340 g/mol. The number of nitrogens with zero attached hydrogens (tertiary/aromatic N) is 3. The van der Waals surface area contributed by atoms with Gasteiger partial charge >= 0.3 is 0 Å². The third-order valence-electron chi connectivity index (χ3n) is 3.72. The number of likely N-dealkylation sites (N-methyl/N-ethyl adjacent to an activating group) is 1. The molecule has 2 aromatic rings. The Balaban J connectivity index is 2.34. The van der Waals surface area contributed by atoms with Gasteiger partial charge in [0.15, 0.2) is 0 Å². The van der Waals surface area contributed by atoms with Crippen LogP contribution in [-0.2, 0) is 11.8 Å². The number of carbonyl (C=O) groups excluding carboxylic acids is 2. The fourth-order valence-corrected chi connectivity index (χ4v) is 3.62. The van der Waals surface area contributed by atoms with E-state index in [-0.39, 0.29) is 29.5 Å². The zero-order chi connectivity index (χ0) is 18.9. The lowest BCUT2D eigenvalue weighted by atomic mass is 10.1.